The van der Waals surface area contributed by atoms with Crippen LogP contribution in [0.5, 0.6) is 0 Å². The molecule has 3 heterocycles. The summed E-state index contributed by atoms with van der Waals surface area (Å²) in [6, 6.07) is 21.1. The lowest BCUT2D eigenvalue weighted by atomic mass is 9.78. The molecule has 14 heteroatoms. The van der Waals surface area contributed by atoms with Crippen LogP contribution in [0, 0.1) is 17.8 Å². The van der Waals surface area contributed by atoms with Gasteiger partial charge in [0.25, 0.3) is 0 Å². The zero-order chi connectivity index (χ0) is 51.4. The van der Waals surface area contributed by atoms with E-state index in [0.717, 1.165) is 38.9 Å². The van der Waals surface area contributed by atoms with E-state index in [2.05, 4.69) is 60.7 Å². The number of unbranched alkanes of at least 4 members (excludes halogenated alkanes) is 8. The highest BCUT2D eigenvalue weighted by Gasteiger charge is 2.53. The molecule has 3 aliphatic heterocycles. The molecular formula is C56H92N2O11P+. The first kappa shape index (κ1) is 58.3. The fraction of sp³-hybridized carbons (Fsp3) is 0.750. The van der Waals surface area contributed by atoms with Crippen molar-refractivity contribution in [1.29, 1.82) is 0 Å². The predicted octanol–water partition coefficient (Wildman–Crippen LogP) is 6.84. The normalized spacial score (nSPS) is 34.3. The lowest BCUT2D eigenvalue weighted by Gasteiger charge is -2.46. The number of cyclic esters (lactones) is 1. The van der Waals surface area contributed by atoms with E-state index >= 15 is 0 Å². The van der Waals surface area contributed by atoms with Gasteiger partial charge in [0, 0.05) is 24.9 Å². The van der Waals surface area contributed by atoms with Crippen molar-refractivity contribution >= 4 is 29.7 Å². The molecule has 0 unspecified atom stereocenters. The van der Waals surface area contributed by atoms with Crippen molar-refractivity contribution in [2.24, 2.45) is 17.8 Å². The number of rotatable bonds is 19. The van der Waals surface area contributed by atoms with Crippen LogP contribution in [0.15, 0.2) is 60.7 Å². The molecule has 0 saturated carbocycles. The fourth-order valence-electron chi connectivity index (χ4n) is 11.7. The summed E-state index contributed by atoms with van der Waals surface area (Å²) in [5.41, 5.74) is -3.03. The average Bonchev–Trinajstić information content (AvgIpc) is 3.31. The van der Waals surface area contributed by atoms with Crippen LogP contribution in [0.2, 0.25) is 0 Å². The summed E-state index contributed by atoms with van der Waals surface area (Å²) in [6.45, 7) is 15.3. The van der Waals surface area contributed by atoms with E-state index in [1.165, 1.54) is 56.3 Å². The third-order valence-electron chi connectivity index (χ3n) is 16.1. The highest BCUT2D eigenvalue weighted by Crippen LogP contribution is 2.63. The van der Waals surface area contributed by atoms with Gasteiger partial charge in [-0.25, -0.2) is 0 Å². The van der Waals surface area contributed by atoms with Crippen molar-refractivity contribution in [2.75, 3.05) is 40.0 Å². The molecule has 0 aromatic heterocycles. The van der Waals surface area contributed by atoms with Crippen molar-refractivity contribution in [2.45, 2.75) is 211 Å². The Balaban J connectivity index is 1.20. The van der Waals surface area contributed by atoms with Crippen LogP contribution in [0.3, 0.4) is 0 Å². The molecule has 0 radical (unpaired) electrons. The molecule has 0 spiro atoms. The summed E-state index contributed by atoms with van der Waals surface area (Å²) in [6.07, 6.45) is 4.22. The number of amides is 1. The summed E-state index contributed by atoms with van der Waals surface area (Å²) in [4.78, 5) is 31.6. The number of carbonyl (C=O) groups excluding carboxylic acids is 2. The smallest absolute Gasteiger partial charge is 0.311 e. The van der Waals surface area contributed by atoms with Gasteiger partial charge in [0.1, 0.15) is 29.6 Å². The predicted molar refractivity (Wildman–Crippen MR) is 279 cm³/mol. The molecule has 2 aromatic carbocycles. The minimum Gasteiger partial charge on any atom is -0.459 e. The van der Waals surface area contributed by atoms with Crippen molar-refractivity contribution in [1.82, 2.24) is 9.80 Å². The fourth-order valence-corrected chi connectivity index (χ4v) is 16.6. The zero-order valence-corrected chi connectivity index (χ0v) is 45.2. The van der Waals surface area contributed by atoms with E-state index in [4.69, 9.17) is 18.9 Å². The van der Waals surface area contributed by atoms with Gasteiger partial charge in [0.15, 0.2) is 6.29 Å². The van der Waals surface area contributed by atoms with Crippen LogP contribution in [0.4, 0.5) is 0 Å². The number of hydrogen-bond donors (Lipinski definition) is 5. The van der Waals surface area contributed by atoms with Gasteiger partial charge in [-0.15, -0.1) is 0 Å². The highest BCUT2D eigenvalue weighted by molar-refractivity contribution is 7.90. The molecule has 0 bridgehead atoms. The first-order valence-corrected chi connectivity index (χ1v) is 28.7. The minimum absolute atomic E-state index is 0.0988. The average molecular weight is 1000 g/mol. The monoisotopic (exact) mass is 1000 g/mol. The highest BCUT2D eigenvalue weighted by atomic mass is 31.2. The number of hydrogen-bond acceptors (Lipinski definition) is 12. The molecule has 3 saturated heterocycles. The Hall–Kier alpha value is -2.55. The number of aliphatic hydroxyl groups is 5. The number of nitrogens with zero attached hydrogens (tertiary/aromatic N) is 2. The zero-order valence-electron chi connectivity index (χ0n) is 44.3. The van der Waals surface area contributed by atoms with Crippen LogP contribution < -0.4 is 10.6 Å². The first-order valence-electron chi connectivity index (χ1n) is 26.7. The SMILES string of the molecule is CC[C@H]1OC(=O)[C@H](C)[C@@H](O)[C@H](C)[C@@H](O[C@@H]2O[C@H](C)C[C@H](N(C)C)[C@H]2O)[C@](C)(O)C[C@@H](C)CN(C(=O)CCCCCCCCCCC[P+](c2ccccc2)(c2ccccc2)C2COC2)[C@H](C)[C@@H](O)[C@]1(C)O. The van der Waals surface area contributed by atoms with E-state index in [1.807, 2.05) is 32.8 Å². The van der Waals surface area contributed by atoms with E-state index in [-0.39, 0.29) is 49.8 Å². The second-order valence-electron chi connectivity index (χ2n) is 22.1. The van der Waals surface area contributed by atoms with Crippen LogP contribution in [0.1, 0.15) is 139 Å². The summed E-state index contributed by atoms with van der Waals surface area (Å²) in [5, 5.41) is 62.5. The quantitative estimate of drug-likeness (QED) is 0.0564. The van der Waals surface area contributed by atoms with E-state index < -0.39 is 79.1 Å². The van der Waals surface area contributed by atoms with Crippen LogP contribution in [-0.4, -0.2) is 159 Å². The van der Waals surface area contributed by atoms with E-state index in [9.17, 15) is 35.1 Å². The largest absolute Gasteiger partial charge is 0.459 e. The number of likely N-dealkylation sites (N-methyl/N-ethyl adjacent to an activating group) is 1. The van der Waals surface area contributed by atoms with Crippen LogP contribution in [0.25, 0.3) is 0 Å². The summed E-state index contributed by atoms with van der Waals surface area (Å²) < 4.78 is 24.3. The number of benzene rings is 2. The maximum atomic E-state index is 14.3. The molecule has 2 aromatic rings. The Bertz CT molecular complexity index is 1830. The molecule has 5 N–H and O–H groups in total. The number of carbonyl (C=O) groups is 2. The second-order valence-corrected chi connectivity index (χ2v) is 26.1. The van der Waals surface area contributed by atoms with E-state index in [1.54, 1.807) is 32.6 Å². The van der Waals surface area contributed by atoms with E-state index in [0.29, 0.717) is 18.5 Å². The lowest BCUT2D eigenvalue weighted by Crippen LogP contribution is -2.60. The Morgan fingerprint density at radius 2 is 1.36 bits per heavy atom. The Morgan fingerprint density at radius 3 is 1.87 bits per heavy atom. The molecule has 396 valence electrons. The van der Waals surface area contributed by atoms with Crippen molar-refractivity contribution < 1.29 is 54.1 Å². The Morgan fingerprint density at radius 1 is 0.814 bits per heavy atom. The number of esters is 1. The third-order valence-corrected chi connectivity index (χ3v) is 21.1. The van der Waals surface area contributed by atoms with Crippen molar-refractivity contribution in [3.05, 3.63) is 60.7 Å². The van der Waals surface area contributed by atoms with Gasteiger partial charge in [-0.05, 0) is 117 Å². The van der Waals surface area contributed by atoms with Gasteiger partial charge < -0.3 is 54.3 Å². The Labute approximate surface area is 421 Å². The number of aliphatic hydroxyl groups excluding tert-OH is 3. The molecule has 1 amide bonds. The molecule has 5 rings (SSSR count). The summed E-state index contributed by atoms with van der Waals surface area (Å²) in [5.74, 6) is -3.31. The maximum Gasteiger partial charge on any atom is 0.311 e. The van der Waals surface area contributed by atoms with Crippen LogP contribution in [-0.2, 0) is 28.5 Å². The topological polar surface area (TPSA) is 179 Å². The maximum absolute atomic E-state index is 14.3. The van der Waals surface area contributed by atoms with Crippen molar-refractivity contribution in [3.63, 3.8) is 0 Å². The number of ether oxygens (including phenoxy) is 4. The standard InChI is InChI=1S/C56H92N2O11P/c1-11-47-56(8,65)51(62)42(6)58(35-38(2)34-55(7,64)52(40(4)49(60)41(5)53(63)68-47)69-54-50(61)46(57(9)10)33-39(3)67-54)48(59)31-25-17-15-13-12-14-16-18-26-32-70(45-36-66-37-45,43-27-21-19-22-28-43)44-29-23-20-24-30-44/h19-24,27-30,38-42,45-47,49-52,54,60-62,64-65H,11-18,25-26,31-37H2,1-10H3/q+1/t38-,39-,40+,41-,42-,46+,47-,49+,50-,51-,52-,54+,55-,56-/m1/s1. The molecule has 13 nitrogen and oxygen atoms in total. The molecular weight excluding hydrogens is 908 g/mol. The lowest BCUT2D eigenvalue weighted by molar-refractivity contribution is -0.299. The van der Waals surface area contributed by atoms with Crippen molar-refractivity contribution in [3.8, 4) is 0 Å². The Kier molecular flexibility index (Phi) is 22.2. The van der Waals surface area contributed by atoms with Gasteiger partial charge in [0.2, 0.25) is 5.91 Å². The molecule has 14 atom stereocenters. The molecule has 0 aliphatic carbocycles. The minimum atomic E-state index is -1.95. The summed E-state index contributed by atoms with van der Waals surface area (Å²) in [7, 11) is 2.14. The van der Waals surface area contributed by atoms with Gasteiger partial charge in [0.05, 0.1) is 73.1 Å². The van der Waals surface area contributed by atoms with Gasteiger partial charge in [-0.1, -0.05) is 95.7 Å². The first-order chi connectivity index (χ1) is 33.2. The second kappa shape index (κ2) is 26.6. The molecule has 70 heavy (non-hydrogen) atoms. The van der Waals surface area contributed by atoms with Gasteiger partial charge in [-0.2, -0.15) is 0 Å². The molecule has 3 fully saturated rings. The summed E-state index contributed by atoms with van der Waals surface area (Å²) >= 11 is 0. The van der Waals surface area contributed by atoms with Crippen LogP contribution >= 0.6 is 7.26 Å². The third kappa shape index (κ3) is 14.4. The molecule has 3 aliphatic rings. The van der Waals surface area contributed by atoms with Gasteiger partial charge in [-0.3, -0.25) is 9.59 Å². The van der Waals surface area contributed by atoms with Gasteiger partial charge >= 0.3 is 5.97 Å².